The first-order chi connectivity index (χ1) is 13.6. The first-order valence-corrected chi connectivity index (χ1v) is 8.82. The van der Waals surface area contributed by atoms with Crippen molar-refractivity contribution in [3.63, 3.8) is 0 Å². The number of aromatic nitrogens is 1. The molecule has 0 spiro atoms. The Kier molecular flexibility index (Phi) is 6.01. The van der Waals surface area contributed by atoms with Gasteiger partial charge < -0.3 is 15.4 Å². The quantitative estimate of drug-likeness (QED) is 0.690. The molecule has 0 saturated carbocycles. The van der Waals surface area contributed by atoms with Crippen LogP contribution < -0.4 is 15.4 Å². The van der Waals surface area contributed by atoms with Gasteiger partial charge in [0.2, 0.25) is 0 Å². The van der Waals surface area contributed by atoms with Gasteiger partial charge in [0.05, 0.1) is 12.8 Å². The van der Waals surface area contributed by atoms with Gasteiger partial charge in [-0.2, -0.15) is 0 Å². The maximum atomic E-state index is 12.5. The second kappa shape index (κ2) is 8.81. The third-order valence-electron chi connectivity index (χ3n) is 4.14. The molecule has 6 nitrogen and oxygen atoms in total. The van der Waals surface area contributed by atoms with Crippen LogP contribution in [0.25, 0.3) is 0 Å². The fourth-order valence-corrected chi connectivity index (χ4v) is 2.60. The van der Waals surface area contributed by atoms with E-state index in [1.165, 1.54) is 7.11 Å². The lowest BCUT2D eigenvalue weighted by Gasteiger charge is -2.10. The summed E-state index contributed by atoms with van der Waals surface area (Å²) in [5, 5.41) is 5.56. The summed E-state index contributed by atoms with van der Waals surface area (Å²) in [6.45, 7) is 2.40. The molecule has 0 bridgehead atoms. The van der Waals surface area contributed by atoms with Crippen molar-refractivity contribution >= 4 is 17.5 Å². The Bertz CT molecular complexity index is 984. The zero-order valence-corrected chi connectivity index (χ0v) is 15.7. The van der Waals surface area contributed by atoms with Crippen molar-refractivity contribution in [3.8, 4) is 5.75 Å². The van der Waals surface area contributed by atoms with E-state index < -0.39 is 5.91 Å². The van der Waals surface area contributed by atoms with E-state index in [-0.39, 0.29) is 17.3 Å². The smallest absolute Gasteiger partial charge is 0.274 e. The number of hydrogen-bond donors (Lipinski definition) is 2. The second-order valence-corrected chi connectivity index (χ2v) is 6.23. The van der Waals surface area contributed by atoms with E-state index in [2.05, 4.69) is 15.6 Å². The fraction of sp³-hybridized carbons (Fsp3) is 0.136. The van der Waals surface area contributed by atoms with Crippen LogP contribution in [0.5, 0.6) is 5.75 Å². The summed E-state index contributed by atoms with van der Waals surface area (Å²) in [7, 11) is 1.53. The number of nitrogens with one attached hydrogen (secondary N) is 2. The average molecular weight is 375 g/mol. The standard InChI is InChI=1S/C22H21N3O3/c1-15-10-12-16(13-11-15)14-23-21(26)18-7-5-8-19(24-18)22(27)25-17-6-3-4-9-20(17)28-2/h3-13H,14H2,1-2H3,(H,23,26)(H,25,27). The molecular weight excluding hydrogens is 354 g/mol. The molecule has 2 aromatic carbocycles. The molecule has 3 aromatic rings. The lowest BCUT2D eigenvalue weighted by Crippen LogP contribution is -2.25. The summed E-state index contributed by atoms with van der Waals surface area (Å²) in [5.74, 6) is -0.215. The lowest BCUT2D eigenvalue weighted by molar-refractivity contribution is 0.0945. The topological polar surface area (TPSA) is 80.3 Å². The van der Waals surface area contributed by atoms with Gasteiger partial charge in [0.25, 0.3) is 11.8 Å². The summed E-state index contributed by atoms with van der Waals surface area (Å²) in [4.78, 5) is 29.1. The maximum Gasteiger partial charge on any atom is 0.274 e. The molecule has 1 heterocycles. The number of aryl methyl sites for hydroxylation is 1. The van der Waals surface area contributed by atoms with Crippen LogP contribution in [0.15, 0.2) is 66.7 Å². The summed E-state index contributed by atoms with van der Waals surface area (Å²) in [6.07, 6.45) is 0. The van der Waals surface area contributed by atoms with Gasteiger partial charge >= 0.3 is 0 Å². The minimum absolute atomic E-state index is 0.147. The summed E-state index contributed by atoms with van der Waals surface area (Å²) in [6, 6.07) is 19.7. The highest BCUT2D eigenvalue weighted by molar-refractivity contribution is 6.04. The highest BCUT2D eigenvalue weighted by Crippen LogP contribution is 2.23. The predicted molar refractivity (Wildman–Crippen MR) is 108 cm³/mol. The number of rotatable bonds is 6. The average Bonchev–Trinajstić information content (AvgIpc) is 2.73. The van der Waals surface area contributed by atoms with Crippen LogP contribution in [0, 0.1) is 6.92 Å². The van der Waals surface area contributed by atoms with Gasteiger partial charge in [-0.15, -0.1) is 0 Å². The van der Waals surface area contributed by atoms with Crippen LogP contribution in [-0.4, -0.2) is 23.9 Å². The van der Waals surface area contributed by atoms with Gasteiger partial charge in [-0.25, -0.2) is 4.98 Å². The molecule has 0 saturated heterocycles. The molecule has 0 aliphatic heterocycles. The molecule has 0 unspecified atom stereocenters. The first-order valence-electron chi connectivity index (χ1n) is 8.82. The van der Waals surface area contributed by atoms with Crippen LogP contribution in [-0.2, 0) is 6.54 Å². The van der Waals surface area contributed by atoms with Crippen molar-refractivity contribution in [2.24, 2.45) is 0 Å². The number of pyridine rings is 1. The van der Waals surface area contributed by atoms with Crippen LogP contribution in [0.1, 0.15) is 32.1 Å². The summed E-state index contributed by atoms with van der Waals surface area (Å²) >= 11 is 0. The Balaban J connectivity index is 1.68. The Morgan fingerprint density at radius 1 is 0.893 bits per heavy atom. The largest absolute Gasteiger partial charge is 0.495 e. The first kappa shape index (κ1) is 19.1. The number of benzene rings is 2. The van der Waals surface area contributed by atoms with Gasteiger partial charge in [-0.05, 0) is 36.8 Å². The van der Waals surface area contributed by atoms with E-state index in [9.17, 15) is 9.59 Å². The molecule has 1 aromatic heterocycles. The number of amides is 2. The molecule has 0 aliphatic rings. The fourth-order valence-electron chi connectivity index (χ4n) is 2.60. The van der Waals surface area contributed by atoms with Gasteiger partial charge in [0.1, 0.15) is 17.1 Å². The molecule has 6 heteroatoms. The van der Waals surface area contributed by atoms with E-state index in [4.69, 9.17) is 4.74 Å². The van der Waals surface area contributed by atoms with Crippen molar-refractivity contribution in [2.45, 2.75) is 13.5 Å². The monoisotopic (exact) mass is 375 g/mol. The second-order valence-electron chi connectivity index (χ2n) is 6.23. The van der Waals surface area contributed by atoms with Gasteiger partial charge in [-0.1, -0.05) is 48.0 Å². The number of methoxy groups -OCH3 is 1. The van der Waals surface area contributed by atoms with Gasteiger partial charge in [-0.3, -0.25) is 9.59 Å². The van der Waals surface area contributed by atoms with Crippen molar-refractivity contribution in [1.29, 1.82) is 0 Å². The van der Waals surface area contributed by atoms with E-state index in [1.54, 1.807) is 36.4 Å². The minimum atomic E-state index is -0.419. The molecular formula is C22H21N3O3. The van der Waals surface area contributed by atoms with Crippen molar-refractivity contribution in [1.82, 2.24) is 10.3 Å². The van der Waals surface area contributed by atoms with E-state index in [0.717, 1.165) is 11.1 Å². The van der Waals surface area contributed by atoms with E-state index in [0.29, 0.717) is 18.0 Å². The number of nitrogens with zero attached hydrogens (tertiary/aromatic N) is 1. The Labute approximate surface area is 163 Å². The summed E-state index contributed by atoms with van der Waals surface area (Å²) in [5.41, 5.74) is 3.01. The SMILES string of the molecule is COc1ccccc1NC(=O)c1cccc(C(=O)NCc2ccc(C)cc2)n1. The number of para-hydroxylation sites is 2. The molecule has 142 valence electrons. The van der Waals surface area contributed by atoms with Crippen LogP contribution >= 0.6 is 0 Å². The van der Waals surface area contributed by atoms with Crippen LogP contribution in [0.2, 0.25) is 0 Å². The van der Waals surface area contributed by atoms with Gasteiger partial charge in [0, 0.05) is 6.54 Å². The molecule has 0 aliphatic carbocycles. The minimum Gasteiger partial charge on any atom is -0.495 e. The molecule has 28 heavy (non-hydrogen) atoms. The zero-order valence-electron chi connectivity index (χ0n) is 15.7. The Hall–Kier alpha value is -3.67. The zero-order chi connectivity index (χ0) is 19.9. The molecule has 0 atom stereocenters. The third kappa shape index (κ3) is 4.73. The highest BCUT2D eigenvalue weighted by Gasteiger charge is 2.14. The highest BCUT2D eigenvalue weighted by atomic mass is 16.5. The number of carbonyl (C=O) groups is 2. The normalized spacial score (nSPS) is 10.2. The maximum absolute atomic E-state index is 12.5. The summed E-state index contributed by atoms with van der Waals surface area (Å²) < 4.78 is 5.23. The molecule has 2 N–H and O–H groups in total. The van der Waals surface area contributed by atoms with Crippen LogP contribution in [0.4, 0.5) is 5.69 Å². The molecule has 3 rings (SSSR count). The number of hydrogen-bond acceptors (Lipinski definition) is 4. The Morgan fingerprint density at radius 2 is 1.57 bits per heavy atom. The van der Waals surface area contributed by atoms with E-state index in [1.807, 2.05) is 37.3 Å². The molecule has 0 radical (unpaired) electrons. The number of ether oxygens (including phenoxy) is 1. The van der Waals surface area contributed by atoms with Crippen molar-refractivity contribution in [2.75, 3.05) is 12.4 Å². The number of carbonyl (C=O) groups excluding carboxylic acids is 2. The van der Waals surface area contributed by atoms with Crippen molar-refractivity contribution < 1.29 is 14.3 Å². The van der Waals surface area contributed by atoms with Crippen molar-refractivity contribution in [3.05, 3.63) is 89.2 Å². The molecule has 0 fully saturated rings. The van der Waals surface area contributed by atoms with Crippen LogP contribution in [0.3, 0.4) is 0 Å². The van der Waals surface area contributed by atoms with E-state index >= 15 is 0 Å². The lowest BCUT2D eigenvalue weighted by atomic mass is 10.1. The number of anilines is 1. The predicted octanol–water partition coefficient (Wildman–Crippen LogP) is 3.58. The molecule has 2 amide bonds. The van der Waals surface area contributed by atoms with Gasteiger partial charge in [0.15, 0.2) is 0 Å². The third-order valence-corrected chi connectivity index (χ3v) is 4.14. The Morgan fingerprint density at radius 3 is 2.29 bits per heavy atom.